The SMILES string of the molecule is CCOc1ccc(N)cc1Cn1ccc2c(Br)cccc21. The summed E-state index contributed by atoms with van der Waals surface area (Å²) < 4.78 is 9.01. The van der Waals surface area contributed by atoms with Crippen LogP contribution in [0.1, 0.15) is 12.5 Å². The molecule has 0 saturated heterocycles. The van der Waals surface area contributed by atoms with E-state index in [2.05, 4.69) is 44.9 Å². The summed E-state index contributed by atoms with van der Waals surface area (Å²) in [4.78, 5) is 0. The third-order valence-electron chi connectivity index (χ3n) is 3.49. The zero-order valence-corrected chi connectivity index (χ0v) is 13.4. The van der Waals surface area contributed by atoms with E-state index in [1.54, 1.807) is 0 Å². The molecule has 21 heavy (non-hydrogen) atoms. The molecule has 3 rings (SSSR count). The fraction of sp³-hybridized carbons (Fsp3) is 0.176. The zero-order chi connectivity index (χ0) is 14.8. The molecule has 4 heteroatoms. The zero-order valence-electron chi connectivity index (χ0n) is 11.8. The van der Waals surface area contributed by atoms with E-state index in [4.69, 9.17) is 10.5 Å². The van der Waals surface area contributed by atoms with Crippen LogP contribution in [0, 0.1) is 0 Å². The van der Waals surface area contributed by atoms with Crippen LogP contribution in [0.5, 0.6) is 5.75 Å². The number of nitrogens with two attached hydrogens (primary N) is 1. The van der Waals surface area contributed by atoms with E-state index < -0.39 is 0 Å². The highest BCUT2D eigenvalue weighted by Gasteiger charge is 2.08. The van der Waals surface area contributed by atoms with Crippen LogP contribution in [-0.2, 0) is 6.54 Å². The van der Waals surface area contributed by atoms with E-state index in [9.17, 15) is 0 Å². The van der Waals surface area contributed by atoms with Gasteiger partial charge >= 0.3 is 0 Å². The van der Waals surface area contributed by atoms with Crippen molar-refractivity contribution in [1.82, 2.24) is 4.57 Å². The molecule has 0 aliphatic heterocycles. The molecule has 0 radical (unpaired) electrons. The Morgan fingerprint density at radius 2 is 2.05 bits per heavy atom. The lowest BCUT2D eigenvalue weighted by atomic mass is 10.1. The summed E-state index contributed by atoms with van der Waals surface area (Å²) in [5, 5.41) is 1.21. The molecule has 1 heterocycles. The van der Waals surface area contributed by atoms with Gasteiger partial charge in [0.15, 0.2) is 0 Å². The largest absolute Gasteiger partial charge is 0.494 e. The maximum Gasteiger partial charge on any atom is 0.124 e. The molecular formula is C17H17BrN2O. The number of nitrogen functional groups attached to an aromatic ring is 1. The van der Waals surface area contributed by atoms with Gasteiger partial charge in [-0.3, -0.25) is 0 Å². The van der Waals surface area contributed by atoms with Crippen LogP contribution in [0.2, 0.25) is 0 Å². The van der Waals surface area contributed by atoms with Gasteiger partial charge in [-0.25, -0.2) is 0 Å². The third kappa shape index (κ3) is 2.76. The summed E-state index contributed by atoms with van der Waals surface area (Å²) in [6, 6.07) is 14.1. The van der Waals surface area contributed by atoms with Crippen molar-refractivity contribution in [1.29, 1.82) is 0 Å². The molecule has 0 aliphatic rings. The van der Waals surface area contributed by atoms with Crippen LogP contribution in [-0.4, -0.2) is 11.2 Å². The highest BCUT2D eigenvalue weighted by Crippen LogP contribution is 2.28. The second kappa shape index (κ2) is 5.82. The van der Waals surface area contributed by atoms with Crippen molar-refractivity contribution in [3.63, 3.8) is 0 Å². The minimum Gasteiger partial charge on any atom is -0.494 e. The number of halogens is 1. The molecule has 3 nitrogen and oxygen atoms in total. The molecule has 108 valence electrons. The summed E-state index contributed by atoms with van der Waals surface area (Å²) in [5.74, 6) is 0.892. The van der Waals surface area contributed by atoms with Gasteiger partial charge in [0.2, 0.25) is 0 Å². The van der Waals surface area contributed by atoms with E-state index in [-0.39, 0.29) is 0 Å². The minimum atomic E-state index is 0.648. The van der Waals surface area contributed by atoms with Gasteiger partial charge in [0, 0.05) is 32.8 Å². The molecule has 0 aliphatic carbocycles. The van der Waals surface area contributed by atoms with Gasteiger partial charge in [-0.2, -0.15) is 0 Å². The van der Waals surface area contributed by atoms with Crippen LogP contribution in [0.3, 0.4) is 0 Å². The number of nitrogens with zero attached hydrogens (tertiary/aromatic N) is 1. The second-order valence-electron chi connectivity index (χ2n) is 4.92. The van der Waals surface area contributed by atoms with Crippen LogP contribution in [0.25, 0.3) is 10.9 Å². The van der Waals surface area contributed by atoms with Crippen molar-refractivity contribution in [2.75, 3.05) is 12.3 Å². The highest BCUT2D eigenvalue weighted by atomic mass is 79.9. The lowest BCUT2D eigenvalue weighted by Crippen LogP contribution is -2.03. The maximum atomic E-state index is 5.92. The fourth-order valence-corrected chi connectivity index (χ4v) is 3.01. The number of rotatable bonds is 4. The topological polar surface area (TPSA) is 40.2 Å². The van der Waals surface area contributed by atoms with Crippen molar-refractivity contribution < 1.29 is 4.74 Å². The summed E-state index contributed by atoms with van der Waals surface area (Å²) in [6.45, 7) is 3.37. The first kappa shape index (κ1) is 14.0. The molecule has 1 aromatic heterocycles. The molecule has 0 unspecified atom stereocenters. The second-order valence-corrected chi connectivity index (χ2v) is 5.77. The monoisotopic (exact) mass is 344 g/mol. The summed E-state index contributed by atoms with van der Waals surface area (Å²) >= 11 is 3.59. The van der Waals surface area contributed by atoms with Crippen LogP contribution in [0.15, 0.2) is 53.1 Å². The standard InChI is InChI=1S/C17H17BrN2O/c1-2-21-17-7-6-13(19)10-12(17)11-20-9-8-14-15(18)4-3-5-16(14)20/h3-10H,2,11,19H2,1H3. The number of anilines is 1. The van der Waals surface area contributed by atoms with Gasteiger partial charge in [-0.05, 0) is 43.3 Å². The summed E-state index contributed by atoms with van der Waals surface area (Å²) in [6.07, 6.45) is 2.09. The van der Waals surface area contributed by atoms with Gasteiger partial charge in [-0.1, -0.05) is 22.0 Å². The maximum absolute atomic E-state index is 5.92. The number of hydrogen-bond donors (Lipinski definition) is 1. The van der Waals surface area contributed by atoms with Gasteiger partial charge in [0.25, 0.3) is 0 Å². The minimum absolute atomic E-state index is 0.648. The average molecular weight is 345 g/mol. The van der Waals surface area contributed by atoms with Crippen LogP contribution >= 0.6 is 15.9 Å². The molecule has 2 aromatic carbocycles. The van der Waals surface area contributed by atoms with E-state index >= 15 is 0 Å². The quantitative estimate of drug-likeness (QED) is 0.711. The molecule has 0 atom stereocenters. The van der Waals surface area contributed by atoms with Crippen molar-refractivity contribution in [2.24, 2.45) is 0 Å². The first-order chi connectivity index (χ1) is 10.2. The lowest BCUT2D eigenvalue weighted by molar-refractivity contribution is 0.336. The Balaban J connectivity index is 2.02. The predicted molar refractivity (Wildman–Crippen MR) is 90.8 cm³/mol. The third-order valence-corrected chi connectivity index (χ3v) is 4.18. The number of fused-ring (bicyclic) bond motifs is 1. The Labute approximate surface area is 132 Å². The van der Waals surface area contributed by atoms with Gasteiger partial charge in [0.05, 0.1) is 13.2 Å². The molecule has 3 aromatic rings. The summed E-state index contributed by atoms with van der Waals surface area (Å²) in [5.41, 5.74) is 8.95. The molecular weight excluding hydrogens is 328 g/mol. The molecule has 2 N–H and O–H groups in total. The van der Waals surface area contributed by atoms with E-state index in [1.807, 2.05) is 31.2 Å². The Hall–Kier alpha value is -1.94. The van der Waals surface area contributed by atoms with Gasteiger partial charge in [-0.15, -0.1) is 0 Å². The van der Waals surface area contributed by atoms with Gasteiger partial charge in [0.1, 0.15) is 5.75 Å². The number of hydrogen-bond acceptors (Lipinski definition) is 2. The van der Waals surface area contributed by atoms with E-state index in [1.165, 1.54) is 10.9 Å². The Bertz CT molecular complexity index is 780. The first-order valence-corrected chi connectivity index (χ1v) is 7.73. The Morgan fingerprint density at radius 3 is 2.86 bits per heavy atom. The Morgan fingerprint density at radius 1 is 1.19 bits per heavy atom. The number of ether oxygens (including phenoxy) is 1. The summed E-state index contributed by atoms with van der Waals surface area (Å²) in [7, 11) is 0. The predicted octanol–water partition coefficient (Wildman–Crippen LogP) is 4.43. The molecule has 0 bridgehead atoms. The molecule has 0 saturated carbocycles. The van der Waals surface area contributed by atoms with Crippen molar-refractivity contribution in [3.8, 4) is 5.75 Å². The average Bonchev–Trinajstić information content (AvgIpc) is 2.87. The van der Waals surface area contributed by atoms with Crippen molar-refractivity contribution in [2.45, 2.75) is 13.5 Å². The fourth-order valence-electron chi connectivity index (χ4n) is 2.53. The highest BCUT2D eigenvalue weighted by molar-refractivity contribution is 9.10. The number of aromatic nitrogens is 1. The van der Waals surface area contributed by atoms with Crippen molar-refractivity contribution >= 4 is 32.5 Å². The van der Waals surface area contributed by atoms with Crippen molar-refractivity contribution in [3.05, 3.63) is 58.7 Å². The van der Waals surface area contributed by atoms with Crippen LogP contribution in [0.4, 0.5) is 5.69 Å². The first-order valence-electron chi connectivity index (χ1n) is 6.93. The van der Waals surface area contributed by atoms with E-state index in [0.717, 1.165) is 28.0 Å². The smallest absolute Gasteiger partial charge is 0.124 e. The van der Waals surface area contributed by atoms with E-state index in [0.29, 0.717) is 6.61 Å². The molecule has 0 amide bonds. The van der Waals surface area contributed by atoms with Gasteiger partial charge < -0.3 is 15.0 Å². The number of benzene rings is 2. The molecule has 0 spiro atoms. The lowest BCUT2D eigenvalue weighted by Gasteiger charge is -2.12. The normalized spacial score (nSPS) is 11.0. The Kier molecular flexibility index (Phi) is 3.88. The molecule has 0 fully saturated rings. The van der Waals surface area contributed by atoms with Crippen LogP contribution < -0.4 is 10.5 Å².